The highest BCUT2D eigenvalue weighted by Gasteiger charge is 2.52. The van der Waals surface area contributed by atoms with Crippen molar-refractivity contribution < 1.29 is 53.8 Å². The van der Waals surface area contributed by atoms with Crippen LogP contribution in [0.2, 0.25) is 0 Å². The number of hydrogen-bond donors (Lipinski definition) is 5. The molecular weight excluding hydrogens is 917 g/mol. The topological polar surface area (TPSA) is 209 Å². The molecule has 15 heteroatoms. The highest BCUT2D eigenvalue weighted by Crippen LogP contribution is 2.52. The maximum Gasteiger partial charge on any atom is 0.312 e. The quantitative estimate of drug-likeness (QED) is 0.0714. The Kier molecular flexibility index (Phi) is 14.7. The number of aromatic hydroxyl groups is 2. The van der Waals surface area contributed by atoms with Crippen LogP contribution in [0.3, 0.4) is 0 Å². The summed E-state index contributed by atoms with van der Waals surface area (Å²) in [6.07, 6.45) is 6.43. The van der Waals surface area contributed by atoms with Gasteiger partial charge >= 0.3 is 11.8 Å². The third-order valence-corrected chi connectivity index (χ3v) is 15.2. The number of aliphatic hydroxyl groups is 2. The number of carbonyl (C=O) groups is 3. The standard InChI is InChI=1S/C57H66N4O11/c1-11-26-61-39(37-21-14-12-15-22-37)28-57(29-40(61)38-23-16-13-17-24-38)59-45-42-43-50(65)35(7)53-44(42)54(67)56(9,72-53)70-27-25-41(69-10)32(4)52(71-36(8)62)34(6)49(64)33(5)48(63)30(2)19-18-20-31(3)55(68)58-47(51(43)66)46(45)60-57/h11-25,27,30,32-34,39-41,48-49,52,63-66H,1,26,28-29H2,2-10H3,(H,58,68)/b19-18+,27-25+,31-20-/t30-,32+,33+,34+,39-,40+,41-,48-,49+,52+,56-,57?/m0/s1. The first kappa shape index (κ1) is 51.7. The fraction of sp³-hybridized carbons (Fsp3) is 0.421. The minimum Gasteiger partial charge on any atom is -0.507 e. The van der Waals surface area contributed by atoms with Crippen molar-refractivity contribution in [3.63, 3.8) is 0 Å². The van der Waals surface area contributed by atoms with Gasteiger partial charge in [0.1, 0.15) is 28.6 Å². The summed E-state index contributed by atoms with van der Waals surface area (Å²) in [4.78, 5) is 55.3. The van der Waals surface area contributed by atoms with Crippen LogP contribution >= 0.6 is 0 Å². The van der Waals surface area contributed by atoms with Crippen molar-refractivity contribution in [1.29, 1.82) is 0 Å². The Morgan fingerprint density at radius 1 is 0.875 bits per heavy atom. The number of aliphatic hydroxyl groups excluding tert-OH is 2. The second kappa shape index (κ2) is 20.5. The Morgan fingerprint density at radius 2 is 1.49 bits per heavy atom. The molecule has 1 saturated heterocycles. The molecule has 8 rings (SSSR count). The number of likely N-dealkylation sites (tertiary alicyclic amines) is 1. The molecule has 72 heavy (non-hydrogen) atoms. The summed E-state index contributed by atoms with van der Waals surface area (Å²) in [5.41, 5.74) is 1.04. The minimum atomic E-state index is -2.02. The van der Waals surface area contributed by atoms with Crippen molar-refractivity contribution in [2.24, 2.45) is 33.7 Å². The Labute approximate surface area is 419 Å². The van der Waals surface area contributed by atoms with E-state index >= 15 is 4.79 Å². The molecule has 4 aromatic rings. The van der Waals surface area contributed by atoms with Crippen LogP contribution in [0.5, 0.6) is 17.2 Å². The van der Waals surface area contributed by atoms with E-state index in [0.717, 1.165) is 11.1 Å². The molecule has 0 saturated carbocycles. The Morgan fingerprint density at radius 3 is 2.07 bits per heavy atom. The molecule has 1 unspecified atom stereocenters. The third kappa shape index (κ3) is 9.34. The molecule has 15 nitrogen and oxygen atoms in total. The molecular formula is C57H66N4O11. The van der Waals surface area contributed by atoms with Gasteiger partial charge in [-0.2, -0.15) is 0 Å². The molecule has 0 aromatic heterocycles. The number of ether oxygens (including phenoxy) is 4. The fourth-order valence-corrected chi connectivity index (χ4v) is 11.1. The van der Waals surface area contributed by atoms with Gasteiger partial charge < -0.3 is 44.7 Å². The van der Waals surface area contributed by atoms with Gasteiger partial charge in [-0.1, -0.05) is 113 Å². The van der Waals surface area contributed by atoms with E-state index < -0.39 is 88.7 Å². The zero-order valence-corrected chi connectivity index (χ0v) is 42.3. The van der Waals surface area contributed by atoms with E-state index in [1.807, 2.05) is 42.5 Å². The second-order valence-electron chi connectivity index (χ2n) is 20.0. The van der Waals surface area contributed by atoms with Crippen LogP contribution in [0.25, 0.3) is 10.8 Å². The molecule has 4 aromatic carbocycles. The zero-order valence-electron chi connectivity index (χ0n) is 42.3. The molecule has 0 radical (unpaired) electrons. The summed E-state index contributed by atoms with van der Waals surface area (Å²) in [7, 11) is 1.47. The van der Waals surface area contributed by atoms with Crippen molar-refractivity contribution >= 4 is 34.1 Å². The highest BCUT2D eigenvalue weighted by atomic mass is 16.7. The first-order valence-electron chi connectivity index (χ1n) is 24.6. The SMILES string of the molecule is C=CCN1[C@@H](c2ccccc2)CC2(C[C@H]1c1ccccc1)N=c1c3c(O)c4c(O)c(C)c5c(c4c1=N2)C(=O)[C@@](C)(O/C=C/[C@H](OC)[C@@H](C)[C@@H](OC(C)=O)[C@H](C)[C@H](O)[C@H](C)[C@@H](O)[C@@H](C)/C=C/C=C(/C)C(=O)N3)O5. The monoisotopic (exact) mass is 982 g/mol. The van der Waals surface area contributed by atoms with E-state index in [2.05, 4.69) is 41.1 Å². The molecule has 4 heterocycles. The van der Waals surface area contributed by atoms with Crippen LogP contribution in [0, 0.1) is 30.6 Å². The van der Waals surface area contributed by atoms with Crippen molar-refractivity contribution in [2.75, 3.05) is 19.0 Å². The summed E-state index contributed by atoms with van der Waals surface area (Å²) in [6.45, 7) is 17.5. The summed E-state index contributed by atoms with van der Waals surface area (Å²) in [5, 5.41) is 51.1. The number of piperidine rings is 1. The number of esters is 1. The number of hydrogen-bond acceptors (Lipinski definition) is 14. The van der Waals surface area contributed by atoms with Gasteiger partial charge in [-0.25, -0.2) is 0 Å². The van der Waals surface area contributed by atoms with Crippen LogP contribution in [0.15, 0.2) is 119 Å². The lowest BCUT2D eigenvalue weighted by Crippen LogP contribution is -2.46. The summed E-state index contributed by atoms with van der Waals surface area (Å²) < 4.78 is 24.3. The van der Waals surface area contributed by atoms with Crippen LogP contribution < -0.4 is 20.8 Å². The first-order chi connectivity index (χ1) is 34.3. The Hall–Kier alpha value is -6.65. The van der Waals surface area contributed by atoms with Gasteiger partial charge in [-0.15, -0.1) is 6.58 Å². The number of nitrogens with one attached hydrogen (secondary N) is 1. The molecule has 1 spiro atoms. The van der Waals surface area contributed by atoms with Gasteiger partial charge in [0, 0.05) is 92.6 Å². The van der Waals surface area contributed by atoms with Crippen LogP contribution in [-0.2, 0) is 23.8 Å². The second-order valence-corrected chi connectivity index (χ2v) is 20.0. The lowest BCUT2D eigenvalue weighted by Gasteiger charge is -2.47. The van der Waals surface area contributed by atoms with Gasteiger partial charge in [0.05, 0.1) is 40.9 Å². The summed E-state index contributed by atoms with van der Waals surface area (Å²) >= 11 is 0. The maximum absolute atomic E-state index is 15.2. The number of methoxy groups -OCH3 is 1. The molecule has 0 aliphatic carbocycles. The van der Waals surface area contributed by atoms with Crippen molar-refractivity contribution in [1.82, 2.24) is 4.90 Å². The lowest BCUT2D eigenvalue weighted by atomic mass is 9.78. The fourth-order valence-electron chi connectivity index (χ4n) is 11.1. The number of benzene rings is 4. The van der Waals surface area contributed by atoms with Gasteiger partial charge in [-0.05, 0) is 31.1 Å². The average Bonchev–Trinajstić information content (AvgIpc) is 3.87. The summed E-state index contributed by atoms with van der Waals surface area (Å²) in [5.74, 6) is -7.26. The molecule has 12 atom stereocenters. The number of phenols is 2. The van der Waals surface area contributed by atoms with Crippen LogP contribution in [0.4, 0.5) is 5.69 Å². The molecule has 4 aliphatic heterocycles. The largest absolute Gasteiger partial charge is 0.507 e. The number of fused-ring (bicyclic) bond motifs is 1. The van der Waals surface area contributed by atoms with Crippen LogP contribution in [0.1, 0.15) is 100 Å². The van der Waals surface area contributed by atoms with Crippen LogP contribution in [-0.4, -0.2) is 92.5 Å². The van der Waals surface area contributed by atoms with E-state index in [1.165, 1.54) is 27.2 Å². The summed E-state index contributed by atoms with van der Waals surface area (Å²) in [6, 6.07) is 19.6. The highest BCUT2D eigenvalue weighted by molar-refractivity contribution is 6.19. The lowest BCUT2D eigenvalue weighted by molar-refractivity contribution is -0.160. The minimum absolute atomic E-state index is 0.00423. The average molecular weight is 983 g/mol. The number of nitrogens with zero attached hydrogens (tertiary/aromatic N) is 3. The van der Waals surface area contributed by atoms with Gasteiger partial charge in [-0.3, -0.25) is 29.3 Å². The molecule has 1 amide bonds. The number of phenolic OH excluding ortho intramolecular Hbond substituents is 2. The van der Waals surface area contributed by atoms with Gasteiger partial charge in [0.2, 0.25) is 0 Å². The predicted octanol–water partition coefficient (Wildman–Crippen LogP) is 7.76. The number of ketones is 1. The van der Waals surface area contributed by atoms with E-state index in [0.29, 0.717) is 19.4 Å². The predicted molar refractivity (Wildman–Crippen MR) is 272 cm³/mol. The first-order valence-corrected chi connectivity index (χ1v) is 24.6. The Bertz CT molecular complexity index is 2940. The van der Waals surface area contributed by atoms with Gasteiger partial charge in [0.15, 0.2) is 11.4 Å². The molecule has 5 N–H and O–H groups in total. The normalized spacial score (nSPS) is 32.6. The zero-order chi connectivity index (χ0) is 52.0. The number of anilines is 1. The van der Waals surface area contributed by atoms with E-state index in [4.69, 9.17) is 28.9 Å². The van der Waals surface area contributed by atoms with E-state index in [-0.39, 0.29) is 61.7 Å². The van der Waals surface area contributed by atoms with E-state index in [9.17, 15) is 30.0 Å². The molecule has 1 fully saturated rings. The Balaban J connectivity index is 1.36. The number of carbonyl (C=O) groups excluding carboxylic acids is 3. The molecule has 380 valence electrons. The van der Waals surface area contributed by atoms with Crippen molar-refractivity contribution in [2.45, 2.75) is 116 Å². The third-order valence-electron chi connectivity index (χ3n) is 15.2. The number of allylic oxidation sites excluding steroid dienone is 2. The van der Waals surface area contributed by atoms with Crippen molar-refractivity contribution in [3.8, 4) is 17.2 Å². The number of rotatable bonds is 6. The molecule has 4 bridgehead atoms. The van der Waals surface area contributed by atoms with E-state index in [1.54, 1.807) is 65.8 Å². The number of amides is 1. The molecule has 4 aliphatic rings. The maximum atomic E-state index is 15.2. The van der Waals surface area contributed by atoms with Gasteiger partial charge in [0.25, 0.3) is 11.7 Å². The van der Waals surface area contributed by atoms with Crippen molar-refractivity contribution in [3.05, 3.63) is 142 Å². The smallest absolute Gasteiger partial charge is 0.312 e. The number of Topliss-reactive ketones (excluding diaryl/α,β-unsaturated/α-hetero) is 1.